The predicted molar refractivity (Wildman–Crippen MR) is 97.8 cm³/mol. The fraction of sp³-hybridized carbons (Fsp3) is 0.579. The first-order valence-electron chi connectivity index (χ1n) is 9.19. The highest BCUT2D eigenvalue weighted by Gasteiger charge is 2.33. The summed E-state index contributed by atoms with van der Waals surface area (Å²) in [7, 11) is 6.31. The predicted octanol–water partition coefficient (Wildman–Crippen LogP) is 1.88. The highest BCUT2D eigenvalue weighted by atomic mass is 16.2. The standard InChI is InChI=1S/C19H27N5O/c1-21(2)14-9-12-23(13-14)19(25)17-15-7-4-5-11-24(15)18(20-17)16-8-6-10-22(16)3/h4-5,7,11,14,16H,6,8-10,12-13H2,1-3H3/t14-,16-/m0/s1. The van der Waals surface area contributed by atoms with Crippen LogP contribution in [0.2, 0.25) is 0 Å². The van der Waals surface area contributed by atoms with Gasteiger partial charge in [0.1, 0.15) is 5.82 Å². The van der Waals surface area contributed by atoms with Gasteiger partial charge in [0.25, 0.3) is 5.91 Å². The van der Waals surface area contributed by atoms with Gasteiger partial charge in [0, 0.05) is 25.3 Å². The maximum Gasteiger partial charge on any atom is 0.274 e. The number of imidazole rings is 1. The molecule has 0 aliphatic carbocycles. The lowest BCUT2D eigenvalue weighted by Gasteiger charge is -2.20. The fourth-order valence-electron chi connectivity index (χ4n) is 4.19. The molecule has 0 saturated carbocycles. The summed E-state index contributed by atoms with van der Waals surface area (Å²) in [5.74, 6) is 1.07. The second-order valence-electron chi connectivity index (χ2n) is 7.57. The van der Waals surface area contributed by atoms with Gasteiger partial charge in [-0.2, -0.15) is 0 Å². The maximum absolute atomic E-state index is 13.2. The highest BCUT2D eigenvalue weighted by molar-refractivity contribution is 5.99. The summed E-state index contributed by atoms with van der Waals surface area (Å²) in [6.07, 6.45) is 5.35. The Labute approximate surface area is 149 Å². The first kappa shape index (κ1) is 16.5. The van der Waals surface area contributed by atoms with Crippen molar-refractivity contribution < 1.29 is 4.79 Å². The van der Waals surface area contributed by atoms with E-state index in [4.69, 9.17) is 4.98 Å². The number of pyridine rings is 1. The molecule has 2 aromatic rings. The average Bonchev–Trinajstić information content (AvgIpc) is 3.32. The number of amides is 1. The average molecular weight is 341 g/mol. The Bertz CT molecular complexity index is 783. The third-order valence-electron chi connectivity index (χ3n) is 5.78. The van der Waals surface area contributed by atoms with Crippen molar-refractivity contribution in [3.63, 3.8) is 0 Å². The molecule has 0 N–H and O–H groups in total. The van der Waals surface area contributed by atoms with E-state index < -0.39 is 0 Å². The fourth-order valence-corrected chi connectivity index (χ4v) is 4.19. The number of carbonyl (C=O) groups excluding carboxylic acids is 1. The minimum Gasteiger partial charge on any atom is -0.336 e. The van der Waals surface area contributed by atoms with Gasteiger partial charge in [0.15, 0.2) is 5.69 Å². The summed E-state index contributed by atoms with van der Waals surface area (Å²) in [6, 6.07) is 6.75. The van der Waals surface area contributed by atoms with Crippen LogP contribution in [0.1, 0.15) is 41.6 Å². The lowest BCUT2D eigenvalue weighted by molar-refractivity contribution is 0.0779. The Kier molecular flexibility index (Phi) is 4.25. The number of likely N-dealkylation sites (N-methyl/N-ethyl adjacent to an activating group) is 1. The molecular formula is C19H27N5O. The van der Waals surface area contributed by atoms with E-state index in [1.807, 2.05) is 29.3 Å². The molecule has 0 radical (unpaired) electrons. The molecule has 4 heterocycles. The van der Waals surface area contributed by atoms with Crippen LogP contribution >= 0.6 is 0 Å². The Morgan fingerprint density at radius 3 is 2.76 bits per heavy atom. The monoisotopic (exact) mass is 341 g/mol. The Balaban J connectivity index is 1.69. The normalized spacial score (nSPS) is 24.7. The van der Waals surface area contributed by atoms with Crippen LogP contribution in [0.5, 0.6) is 0 Å². The molecule has 0 bridgehead atoms. The zero-order valence-electron chi connectivity index (χ0n) is 15.4. The largest absolute Gasteiger partial charge is 0.336 e. The minimum absolute atomic E-state index is 0.0694. The van der Waals surface area contributed by atoms with Crippen molar-refractivity contribution in [2.45, 2.75) is 31.3 Å². The summed E-state index contributed by atoms with van der Waals surface area (Å²) in [6.45, 7) is 2.69. The molecule has 2 aromatic heterocycles. The van der Waals surface area contributed by atoms with Crippen molar-refractivity contribution in [1.82, 2.24) is 24.1 Å². The van der Waals surface area contributed by atoms with Gasteiger partial charge in [-0.25, -0.2) is 4.98 Å². The third kappa shape index (κ3) is 2.83. The van der Waals surface area contributed by atoms with E-state index in [-0.39, 0.29) is 5.91 Å². The molecular weight excluding hydrogens is 314 g/mol. The number of carbonyl (C=O) groups is 1. The second-order valence-corrected chi connectivity index (χ2v) is 7.57. The summed E-state index contributed by atoms with van der Waals surface area (Å²) in [5.41, 5.74) is 1.53. The number of nitrogens with zero attached hydrogens (tertiary/aromatic N) is 5. The van der Waals surface area contributed by atoms with Gasteiger partial charge in [0.05, 0.1) is 11.6 Å². The Morgan fingerprint density at radius 1 is 1.24 bits per heavy atom. The van der Waals surface area contributed by atoms with Crippen LogP contribution in [-0.4, -0.2) is 76.8 Å². The summed E-state index contributed by atoms with van der Waals surface area (Å²) in [5, 5.41) is 0. The molecule has 2 fully saturated rings. The van der Waals surface area contributed by atoms with E-state index in [9.17, 15) is 4.79 Å². The molecule has 25 heavy (non-hydrogen) atoms. The molecule has 6 heteroatoms. The summed E-state index contributed by atoms with van der Waals surface area (Å²) >= 11 is 0. The van der Waals surface area contributed by atoms with Crippen LogP contribution in [0, 0.1) is 0 Å². The van der Waals surface area contributed by atoms with E-state index in [2.05, 4.69) is 35.3 Å². The molecule has 4 rings (SSSR count). The molecule has 2 aliphatic heterocycles. The number of hydrogen-bond donors (Lipinski definition) is 0. The van der Waals surface area contributed by atoms with Crippen LogP contribution in [0.4, 0.5) is 0 Å². The van der Waals surface area contributed by atoms with Crippen molar-refractivity contribution in [2.24, 2.45) is 0 Å². The van der Waals surface area contributed by atoms with Gasteiger partial charge >= 0.3 is 0 Å². The number of fused-ring (bicyclic) bond motifs is 1. The van der Waals surface area contributed by atoms with Crippen LogP contribution in [0.15, 0.2) is 24.4 Å². The quantitative estimate of drug-likeness (QED) is 0.855. The van der Waals surface area contributed by atoms with Crippen LogP contribution in [-0.2, 0) is 0 Å². The van der Waals surface area contributed by atoms with E-state index in [1.165, 1.54) is 6.42 Å². The van der Waals surface area contributed by atoms with Crippen LogP contribution in [0.3, 0.4) is 0 Å². The molecule has 2 saturated heterocycles. The number of aromatic nitrogens is 2. The first-order valence-corrected chi connectivity index (χ1v) is 9.19. The third-order valence-corrected chi connectivity index (χ3v) is 5.78. The van der Waals surface area contributed by atoms with Crippen molar-refractivity contribution in [3.05, 3.63) is 35.9 Å². The molecule has 1 amide bonds. The molecule has 134 valence electrons. The van der Waals surface area contributed by atoms with Gasteiger partial charge in [-0.1, -0.05) is 6.07 Å². The van der Waals surface area contributed by atoms with E-state index in [0.29, 0.717) is 17.8 Å². The van der Waals surface area contributed by atoms with Crippen LogP contribution < -0.4 is 0 Å². The zero-order valence-corrected chi connectivity index (χ0v) is 15.4. The van der Waals surface area contributed by atoms with Crippen molar-refractivity contribution in [2.75, 3.05) is 40.8 Å². The molecule has 0 spiro atoms. The minimum atomic E-state index is 0.0694. The topological polar surface area (TPSA) is 44.1 Å². The highest BCUT2D eigenvalue weighted by Crippen LogP contribution is 2.31. The number of rotatable bonds is 3. The molecule has 0 unspecified atom stereocenters. The first-order chi connectivity index (χ1) is 12.1. The van der Waals surface area contributed by atoms with E-state index in [0.717, 1.165) is 43.8 Å². The van der Waals surface area contributed by atoms with Crippen molar-refractivity contribution in [1.29, 1.82) is 0 Å². The maximum atomic E-state index is 13.2. The van der Waals surface area contributed by atoms with Crippen molar-refractivity contribution >= 4 is 11.4 Å². The molecule has 6 nitrogen and oxygen atoms in total. The van der Waals surface area contributed by atoms with Gasteiger partial charge in [-0.05, 0) is 59.1 Å². The zero-order chi connectivity index (χ0) is 17.6. The molecule has 0 aromatic carbocycles. The molecule has 2 aliphatic rings. The van der Waals surface area contributed by atoms with Gasteiger partial charge in [0.2, 0.25) is 0 Å². The van der Waals surface area contributed by atoms with E-state index >= 15 is 0 Å². The van der Waals surface area contributed by atoms with Crippen LogP contribution in [0.25, 0.3) is 5.52 Å². The smallest absolute Gasteiger partial charge is 0.274 e. The lowest BCUT2D eigenvalue weighted by Crippen LogP contribution is -2.34. The van der Waals surface area contributed by atoms with Gasteiger partial charge in [-0.3, -0.25) is 9.69 Å². The Hall–Kier alpha value is -1.92. The van der Waals surface area contributed by atoms with E-state index in [1.54, 1.807) is 0 Å². The Morgan fingerprint density at radius 2 is 2.08 bits per heavy atom. The van der Waals surface area contributed by atoms with Gasteiger partial charge < -0.3 is 14.2 Å². The van der Waals surface area contributed by atoms with Crippen molar-refractivity contribution in [3.8, 4) is 0 Å². The number of likely N-dealkylation sites (tertiary alicyclic amines) is 2. The second kappa shape index (κ2) is 6.42. The summed E-state index contributed by atoms with van der Waals surface area (Å²) < 4.78 is 2.11. The summed E-state index contributed by atoms with van der Waals surface area (Å²) in [4.78, 5) is 24.5. The lowest BCUT2D eigenvalue weighted by atomic mass is 10.2. The SMILES string of the molecule is CN(C)[C@H]1CCN(C(=O)c2nc([C@@H]3CCCN3C)n3ccccc23)C1. The number of hydrogen-bond acceptors (Lipinski definition) is 4. The molecule has 2 atom stereocenters. The van der Waals surface area contributed by atoms with Gasteiger partial charge in [-0.15, -0.1) is 0 Å².